The zero-order valence-electron chi connectivity index (χ0n) is 14.3. The van der Waals surface area contributed by atoms with Gasteiger partial charge in [-0.2, -0.15) is 0 Å². The van der Waals surface area contributed by atoms with E-state index in [0.29, 0.717) is 24.1 Å². The number of nitrogens with one attached hydrogen (secondary N) is 2. The molecule has 5 nitrogen and oxygen atoms in total. The van der Waals surface area contributed by atoms with Crippen molar-refractivity contribution in [1.29, 1.82) is 0 Å². The lowest BCUT2D eigenvalue weighted by Gasteiger charge is -2.08. The van der Waals surface area contributed by atoms with Crippen molar-refractivity contribution in [2.75, 3.05) is 13.7 Å². The predicted octanol–water partition coefficient (Wildman–Crippen LogP) is 3.35. The third-order valence-corrected chi connectivity index (χ3v) is 4.21. The Labute approximate surface area is 146 Å². The summed E-state index contributed by atoms with van der Waals surface area (Å²) in [7, 11) is 1.64. The van der Waals surface area contributed by atoms with Crippen LogP contribution < -0.4 is 10.1 Å². The summed E-state index contributed by atoms with van der Waals surface area (Å²) < 4.78 is 5.27. The van der Waals surface area contributed by atoms with Crippen molar-refractivity contribution in [2.45, 2.75) is 13.3 Å². The summed E-state index contributed by atoms with van der Waals surface area (Å²) in [6.07, 6.45) is 2.63. The lowest BCUT2D eigenvalue weighted by Crippen LogP contribution is -2.27. The number of aromatic nitrogens is 1. The van der Waals surface area contributed by atoms with Gasteiger partial charge >= 0.3 is 0 Å². The first-order valence-electron chi connectivity index (χ1n) is 8.12. The molecule has 2 N–H and O–H groups in total. The van der Waals surface area contributed by atoms with Crippen molar-refractivity contribution in [2.24, 2.45) is 0 Å². The third kappa shape index (κ3) is 3.55. The number of methoxy groups -OCH3 is 1. The third-order valence-electron chi connectivity index (χ3n) is 4.21. The zero-order valence-corrected chi connectivity index (χ0v) is 14.3. The van der Waals surface area contributed by atoms with E-state index in [4.69, 9.17) is 4.74 Å². The van der Waals surface area contributed by atoms with E-state index in [1.54, 1.807) is 31.4 Å². The normalized spacial score (nSPS) is 10.6. The summed E-state index contributed by atoms with van der Waals surface area (Å²) in [6.45, 7) is 1.95. The molecule has 128 valence electrons. The Morgan fingerprint density at radius 1 is 1.12 bits per heavy atom. The highest BCUT2D eigenvalue weighted by Crippen LogP contribution is 2.23. The van der Waals surface area contributed by atoms with Gasteiger partial charge in [-0.25, -0.2) is 0 Å². The number of carbonyl (C=O) groups is 2. The highest BCUT2D eigenvalue weighted by atomic mass is 16.5. The molecule has 0 aliphatic rings. The van der Waals surface area contributed by atoms with Gasteiger partial charge in [-0.1, -0.05) is 18.2 Å². The first kappa shape index (κ1) is 16.8. The maximum Gasteiger partial charge on any atom is 0.252 e. The molecule has 1 heterocycles. The summed E-state index contributed by atoms with van der Waals surface area (Å²) >= 11 is 0. The van der Waals surface area contributed by atoms with Gasteiger partial charge in [-0.15, -0.1) is 0 Å². The molecule has 0 unspecified atom stereocenters. The molecule has 0 radical (unpaired) electrons. The molecule has 3 aromatic rings. The lowest BCUT2D eigenvalue weighted by molar-refractivity contribution is 0.0939. The van der Waals surface area contributed by atoms with Crippen LogP contribution in [-0.2, 0) is 6.42 Å². The number of benzene rings is 2. The second-order valence-corrected chi connectivity index (χ2v) is 5.83. The van der Waals surface area contributed by atoms with Gasteiger partial charge < -0.3 is 15.0 Å². The second kappa shape index (κ2) is 7.21. The molecule has 5 heteroatoms. The van der Waals surface area contributed by atoms with Crippen LogP contribution in [0, 0.1) is 0 Å². The molecule has 0 atom stereocenters. The fraction of sp³-hybridized carbons (Fsp3) is 0.200. The van der Waals surface area contributed by atoms with E-state index in [2.05, 4.69) is 10.3 Å². The number of H-pyrrole nitrogens is 1. The van der Waals surface area contributed by atoms with Crippen LogP contribution in [0.25, 0.3) is 10.9 Å². The lowest BCUT2D eigenvalue weighted by atomic mass is 10.0. The number of hydrogen-bond acceptors (Lipinski definition) is 3. The standard InChI is InChI=1S/C20H20N2O3/c1-13(23)16-5-3-4-6-17(16)20(24)21-10-9-14-12-22-19-8-7-15(25-2)11-18(14)19/h3-8,11-12,22H,9-10H2,1-2H3,(H,21,24). The molecule has 0 fully saturated rings. The molecular weight excluding hydrogens is 316 g/mol. The zero-order chi connectivity index (χ0) is 17.8. The monoisotopic (exact) mass is 336 g/mol. The number of carbonyl (C=O) groups excluding carboxylic acids is 2. The van der Waals surface area contributed by atoms with E-state index in [1.807, 2.05) is 24.4 Å². The summed E-state index contributed by atoms with van der Waals surface area (Å²) in [4.78, 5) is 27.2. The molecule has 0 spiro atoms. The Morgan fingerprint density at radius 3 is 2.60 bits per heavy atom. The van der Waals surface area contributed by atoms with Gasteiger partial charge in [0.15, 0.2) is 5.78 Å². The second-order valence-electron chi connectivity index (χ2n) is 5.83. The van der Waals surface area contributed by atoms with E-state index >= 15 is 0 Å². The van der Waals surface area contributed by atoms with Crippen LogP contribution in [0.1, 0.15) is 33.2 Å². The fourth-order valence-electron chi connectivity index (χ4n) is 2.89. The highest BCUT2D eigenvalue weighted by Gasteiger charge is 2.13. The van der Waals surface area contributed by atoms with Crippen molar-refractivity contribution < 1.29 is 14.3 Å². The first-order chi connectivity index (χ1) is 12.1. The van der Waals surface area contributed by atoms with Crippen LogP contribution in [0.4, 0.5) is 0 Å². The molecule has 0 saturated heterocycles. The van der Waals surface area contributed by atoms with Gasteiger partial charge in [0.2, 0.25) is 0 Å². The van der Waals surface area contributed by atoms with Crippen molar-refractivity contribution in [1.82, 2.24) is 10.3 Å². The largest absolute Gasteiger partial charge is 0.497 e. The molecule has 1 amide bonds. The van der Waals surface area contributed by atoms with E-state index in [0.717, 1.165) is 22.2 Å². The van der Waals surface area contributed by atoms with Crippen LogP contribution in [0.3, 0.4) is 0 Å². The van der Waals surface area contributed by atoms with Gasteiger partial charge in [0, 0.05) is 29.2 Å². The van der Waals surface area contributed by atoms with Crippen LogP contribution in [0.2, 0.25) is 0 Å². The van der Waals surface area contributed by atoms with Crippen molar-refractivity contribution in [3.05, 3.63) is 65.4 Å². The minimum atomic E-state index is -0.233. The Bertz CT molecular complexity index is 928. The Balaban J connectivity index is 1.69. The highest BCUT2D eigenvalue weighted by molar-refractivity contribution is 6.07. The van der Waals surface area contributed by atoms with E-state index < -0.39 is 0 Å². The van der Waals surface area contributed by atoms with E-state index in [1.165, 1.54) is 6.92 Å². The van der Waals surface area contributed by atoms with Crippen LogP contribution >= 0.6 is 0 Å². The topological polar surface area (TPSA) is 71.2 Å². The van der Waals surface area contributed by atoms with Gasteiger partial charge in [-0.3, -0.25) is 9.59 Å². The first-order valence-corrected chi connectivity index (χ1v) is 8.12. The fourth-order valence-corrected chi connectivity index (χ4v) is 2.89. The number of rotatable bonds is 6. The maximum atomic E-state index is 12.4. The van der Waals surface area contributed by atoms with Gasteiger partial charge in [0.25, 0.3) is 5.91 Å². The van der Waals surface area contributed by atoms with Crippen LogP contribution in [-0.4, -0.2) is 30.3 Å². The Hall–Kier alpha value is -3.08. The number of hydrogen-bond donors (Lipinski definition) is 2. The van der Waals surface area contributed by atoms with E-state index in [-0.39, 0.29) is 11.7 Å². The average Bonchev–Trinajstić information content (AvgIpc) is 3.03. The van der Waals surface area contributed by atoms with Crippen LogP contribution in [0.15, 0.2) is 48.7 Å². The number of fused-ring (bicyclic) bond motifs is 1. The molecule has 0 saturated carbocycles. The minimum Gasteiger partial charge on any atom is -0.497 e. The molecule has 1 aromatic heterocycles. The smallest absolute Gasteiger partial charge is 0.252 e. The number of Topliss-reactive ketones (excluding diaryl/α,β-unsaturated/α-hetero) is 1. The maximum absolute atomic E-state index is 12.4. The molecule has 2 aromatic carbocycles. The van der Waals surface area contributed by atoms with Crippen molar-refractivity contribution >= 4 is 22.6 Å². The van der Waals surface area contributed by atoms with Crippen molar-refractivity contribution in [3.63, 3.8) is 0 Å². The molecule has 0 bridgehead atoms. The molecular formula is C20H20N2O3. The van der Waals surface area contributed by atoms with Gasteiger partial charge in [0.05, 0.1) is 12.7 Å². The van der Waals surface area contributed by atoms with Crippen LogP contribution in [0.5, 0.6) is 5.75 Å². The molecule has 0 aliphatic carbocycles. The summed E-state index contributed by atoms with van der Waals surface area (Å²) in [5.74, 6) is 0.450. The number of ketones is 1. The molecule has 25 heavy (non-hydrogen) atoms. The van der Waals surface area contributed by atoms with E-state index in [9.17, 15) is 9.59 Å². The summed E-state index contributed by atoms with van der Waals surface area (Å²) in [6, 6.07) is 12.7. The Morgan fingerprint density at radius 2 is 1.88 bits per heavy atom. The number of amides is 1. The molecule has 3 rings (SSSR count). The SMILES string of the molecule is COc1ccc2[nH]cc(CCNC(=O)c3ccccc3C(C)=O)c2c1. The van der Waals surface area contributed by atoms with Gasteiger partial charge in [-0.05, 0) is 43.2 Å². The summed E-state index contributed by atoms with van der Waals surface area (Å²) in [5.41, 5.74) is 2.99. The van der Waals surface area contributed by atoms with Gasteiger partial charge in [0.1, 0.15) is 5.75 Å². The van der Waals surface area contributed by atoms with Crippen molar-refractivity contribution in [3.8, 4) is 5.75 Å². The Kier molecular flexibility index (Phi) is 4.84. The number of ether oxygens (including phenoxy) is 1. The average molecular weight is 336 g/mol. The quantitative estimate of drug-likeness (QED) is 0.678. The molecule has 0 aliphatic heterocycles. The summed E-state index contributed by atoms with van der Waals surface area (Å²) in [5, 5.41) is 3.97. The minimum absolute atomic E-state index is 0.116. The predicted molar refractivity (Wildman–Crippen MR) is 97.3 cm³/mol. The number of aromatic amines is 1.